The normalized spacial score (nSPS) is 16.2. The van der Waals surface area contributed by atoms with E-state index in [9.17, 15) is 65.9 Å². The van der Waals surface area contributed by atoms with E-state index in [1.165, 1.54) is 0 Å². The van der Waals surface area contributed by atoms with Crippen LogP contribution in [0.3, 0.4) is 0 Å². The van der Waals surface area contributed by atoms with Crippen molar-refractivity contribution in [3.8, 4) is 0 Å². The van der Waals surface area contributed by atoms with Crippen molar-refractivity contribution in [1.82, 2.24) is 0 Å². The summed E-state index contributed by atoms with van der Waals surface area (Å²) in [5, 5.41) is 0. The maximum Gasteiger partial charge on any atom is 0.453 e. The van der Waals surface area contributed by atoms with Crippen LogP contribution in [-0.4, -0.2) is 42.2 Å². The molecular formula is C8H3F15. The molecule has 0 aromatic rings. The van der Waals surface area contributed by atoms with Gasteiger partial charge in [0.1, 0.15) is 0 Å². The van der Waals surface area contributed by atoms with E-state index in [2.05, 4.69) is 0 Å². The molecule has 0 fully saturated rings. The molecule has 0 heterocycles. The van der Waals surface area contributed by atoms with E-state index in [1.54, 1.807) is 0 Å². The summed E-state index contributed by atoms with van der Waals surface area (Å²) in [5.41, 5.74) is 0. The molecule has 0 atom stereocenters. The molecule has 0 aliphatic heterocycles. The summed E-state index contributed by atoms with van der Waals surface area (Å²) in [6.45, 7) is 0. The first-order valence-corrected chi connectivity index (χ1v) is 4.89. The molecule has 0 bridgehead atoms. The van der Waals surface area contributed by atoms with Gasteiger partial charge in [-0.15, -0.1) is 0 Å². The van der Waals surface area contributed by atoms with Gasteiger partial charge in [-0.25, -0.2) is 8.78 Å². The summed E-state index contributed by atoms with van der Waals surface area (Å²) in [7, 11) is 0. The lowest BCUT2D eigenvalue weighted by atomic mass is 9.94. The molecule has 0 spiro atoms. The fraction of sp³-hybridized carbons (Fsp3) is 1.00. The molecule has 0 rings (SSSR count). The number of alkyl halides is 15. The highest BCUT2D eigenvalue weighted by Crippen LogP contribution is 2.57. The Labute approximate surface area is 116 Å². The lowest BCUT2D eigenvalue weighted by Crippen LogP contribution is -2.65. The van der Waals surface area contributed by atoms with Crippen molar-refractivity contribution < 1.29 is 65.9 Å². The Bertz CT molecular complexity index is 416. The number of halogens is 15. The summed E-state index contributed by atoms with van der Waals surface area (Å²) < 4.78 is 183. The second kappa shape index (κ2) is 5.50. The Morgan fingerprint density at radius 2 is 0.870 bits per heavy atom. The van der Waals surface area contributed by atoms with E-state index >= 15 is 0 Å². The number of hydrogen-bond donors (Lipinski definition) is 0. The predicted octanol–water partition coefficient (Wildman–Crippen LogP) is 5.38. The maximum atomic E-state index is 12.7. The van der Waals surface area contributed by atoms with Crippen LogP contribution in [0.2, 0.25) is 0 Å². The van der Waals surface area contributed by atoms with Crippen molar-refractivity contribution in [3.05, 3.63) is 0 Å². The lowest BCUT2D eigenvalue weighted by Gasteiger charge is -2.37. The van der Waals surface area contributed by atoms with Crippen LogP contribution in [0, 0.1) is 0 Å². The Kier molecular flexibility index (Phi) is 5.25. The lowest BCUT2D eigenvalue weighted by molar-refractivity contribution is -0.397. The molecule has 140 valence electrons. The molecule has 0 radical (unpaired) electrons. The molecule has 0 aliphatic rings. The Hall–Kier alpha value is -1.05. The van der Waals surface area contributed by atoms with Gasteiger partial charge in [0.05, 0.1) is 6.42 Å². The fourth-order valence-electron chi connectivity index (χ4n) is 1.07. The van der Waals surface area contributed by atoms with E-state index in [-0.39, 0.29) is 0 Å². The minimum Gasteiger partial charge on any atom is -0.203 e. The van der Waals surface area contributed by atoms with E-state index in [1.807, 2.05) is 0 Å². The van der Waals surface area contributed by atoms with Gasteiger partial charge in [-0.1, -0.05) is 0 Å². The Balaban J connectivity index is 5.90. The van der Waals surface area contributed by atoms with Gasteiger partial charge in [0.15, 0.2) is 0 Å². The molecule has 0 N–H and O–H groups in total. The smallest absolute Gasteiger partial charge is 0.203 e. The van der Waals surface area contributed by atoms with Gasteiger partial charge in [-0.3, -0.25) is 0 Å². The highest BCUT2D eigenvalue weighted by atomic mass is 19.4. The largest absolute Gasteiger partial charge is 0.453 e. The van der Waals surface area contributed by atoms with Gasteiger partial charge in [0.25, 0.3) is 0 Å². The molecule has 0 nitrogen and oxygen atoms in total. The van der Waals surface area contributed by atoms with Gasteiger partial charge in [0.2, 0.25) is 0 Å². The van der Waals surface area contributed by atoms with Crippen LogP contribution < -0.4 is 0 Å². The van der Waals surface area contributed by atoms with Crippen LogP contribution in [0.15, 0.2) is 0 Å². The fourth-order valence-corrected chi connectivity index (χ4v) is 1.07. The van der Waals surface area contributed by atoms with Crippen LogP contribution in [-0.2, 0) is 0 Å². The summed E-state index contributed by atoms with van der Waals surface area (Å²) >= 11 is 0. The third-order valence-electron chi connectivity index (χ3n) is 2.41. The average Bonchev–Trinajstić information content (AvgIpc) is 2.24. The highest BCUT2D eigenvalue weighted by molar-refractivity contribution is 5.06. The van der Waals surface area contributed by atoms with Crippen molar-refractivity contribution in [3.63, 3.8) is 0 Å². The molecule has 15 heteroatoms. The molecule has 0 aromatic heterocycles. The molecular weight excluding hydrogens is 381 g/mol. The standard InChI is InChI=1S/C8H3F15/c9-2(10)5(15,16)7(19,20)6(17,18)3(11,12)1-4(13,14)8(21,22)23/h2H,1H2. The van der Waals surface area contributed by atoms with E-state index in [0.29, 0.717) is 0 Å². The van der Waals surface area contributed by atoms with Gasteiger partial charge in [-0.2, -0.15) is 57.1 Å². The molecule has 0 saturated carbocycles. The molecule has 0 aromatic carbocycles. The first-order valence-electron chi connectivity index (χ1n) is 4.89. The van der Waals surface area contributed by atoms with Crippen molar-refractivity contribution in [2.24, 2.45) is 0 Å². The molecule has 0 aliphatic carbocycles. The minimum atomic E-state index is -7.64. The van der Waals surface area contributed by atoms with Crippen molar-refractivity contribution in [2.45, 2.75) is 48.6 Å². The van der Waals surface area contributed by atoms with Crippen LogP contribution in [0.25, 0.3) is 0 Å². The van der Waals surface area contributed by atoms with Crippen molar-refractivity contribution in [1.29, 1.82) is 0 Å². The quantitative estimate of drug-likeness (QED) is 0.540. The van der Waals surface area contributed by atoms with Gasteiger partial charge >= 0.3 is 42.2 Å². The maximum absolute atomic E-state index is 12.7. The van der Waals surface area contributed by atoms with Gasteiger partial charge in [0, 0.05) is 0 Å². The molecule has 0 unspecified atom stereocenters. The average molecular weight is 384 g/mol. The zero-order chi connectivity index (χ0) is 19.3. The monoisotopic (exact) mass is 384 g/mol. The van der Waals surface area contributed by atoms with Crippen molar-refractivity contribution >= 4 is 0 Å². The second-order valence-electron chi connectivity index (χ2n) is 4.16. The van der Waals surface area contributed by atoms with Gasteiger partial charge < -0.3 is 0 Å². The topological polar surface area (TPSA) is 0 Å². The number of hydrogen-bond acceptors (Lipinski definition) is 0. The SMILES string of the molecule is FC(F)C(F)(F)C(F)(F)C(F)(F)C(F)(F)CC(F)(F)C(F)(F)F. The number of rotatable bonds is 6. The summed E-state index contributed by atoms with van der Waals surface area (Å²) in [5.74, 6) is -36.2. The summed E-state index contributed by atoms with van der Waals surface area (Å²) in [6, 6.07) is 0. The second-order valence-corrected chi connectivity index (χ2v) is 4.16. The van der Waals surface area contributed by atoms with Crippen LogP contribution in [0.4, 0.5) is 65.9 Å². The first kappa shape index (κ1) is 21.9. The van der Waals surface area contributed by atoms with Crippen LogP contribution in [0.5, 0.6) is 0 Å². The van der Waals surface area contributed by atoms with Gasteiger partial charge in [-0.05, 0) is 0 Å². The van der Waals surface area contributed by atoms with Crippen LogP contribution in [0.1, 0.15) is 6.42 Å². The predicted molar refractivity (Wildman–Crippen MR) is 41.4 cm³/mol. The Morgan fingerprint density at radius 3 is 1.13 bits per heavy atom. The molecule has 0 saturated heterocycles. The summed E-state index contributed by atoms with van der Waals surface area (Å²) in [6.07, 6.45) is -16.9. The van der Waals surface area contributed by atoms with E-state index in [0.717, 1.165) is 0 Å². The molecule has 23 heavy (non-hydrogen) atoms. The zero-order valence-corrected chi connectivity index (χ0v) is 9.95. The third kappa shape index (κ3) is 3.41. The molecule has 0 amide bonds. The van der Waals surface area contributed by atoms with Crippen LogP contribution >= 0.6 is 0 Å². The summed E-state index contributed by atoms with van der Waals surface area (Å²) in [4.78, 5) is 0. The van der Waals surface area contributed by atoms with E-state index < -0.39 is 48.6 Å². The minimum absolute atomic E-state index is 4.36. The zero-order valence-electron chi connectivity index (χ0n) is 9.95. The Morgan fingerprint density at radius 1 is 0.522 bits per heavy atom. The third-order valence-corrected chi connectivity index (χ3v) is 2.41. The van der Waals surface area contributed by atoms with Crippen molar-refractivity contribution in [2.75, 3.05) is 0 Å². The van der Waals surface area contributed by atoms with E-state index in [4.69, 9.17) is 0 Å². The highest BCUT2D eigenvalue weighted by Gasteiger charge is 2.84. The first-order chi connectivity index (χ1) is 9.65.